The molecule has 3 nitrogen and oxygen atoms in total. The van der Waals surface area contributed by atoms with Crippen LogP contribution < -0.4 is 4.74 Å². The van der Waals surface area contributed by atoms with Gasteiger partial charge in [0.15, 0.2) is 0 Å². The predicted octanol–water partition coefficient (Wildman–Crippen LogP) is 4.23. The Kier molecular flexibility index (Phi) is 5.38. The van der Waals surface area contributed by atoms with E-state index in [0.717, 1.165) is 28.3 Å². The molecule has 1 N–H and O–H groups in total. The summed E-state index contributed by atoms with van der Waals surface area (Å²) >= 11 is 5.09. The summed E-state index contributed by atoms with van der Waals surface area (Å²) in [4.78, 5) is 11.8. The van der Waals surface area contributed by atoms with Crippen LogP contribution in [0.15, 0.2) is 46.3 Å². The smallest absolute Gasteiger partial charge is 0.328 e. The van der Waals surface area contributed by atoms with Crippen LogP contribution in [-0.4, -0.2) is 17.7 Å². The zero-order valence-corrected chi connectivity index (χ0v) is 13.0. The number of hydrogen-bond acceptors (Lipinski definition) is 3. The summed E-state index contributed by atoms with van der Waals surface area (Å²) in [7, 11) is 0. The van der Waals surface area contributed by atoms with Gasteiger partial charge in [-0.2, -0.15) is 0 Å². The number of thiophene rings is 1. The van der Waals surface area contributed by atoms with Gasteiger partial charge in [0.25, 0.3) is 0 Å². The summed E-state index contributed by atoms with van der Waals surface area (Å²) in [6.45, 7) is 0.601. The lowest BCUT2D eigenvalue weighted by Crippen LogP contribution is -2.00. The van der Waals surface area contributed by atoms with Crippen LogP contribution in [0.4, 0.5) is 0 Å². The van der Waals surface area contributed by atoms with Crippen LogP contribution >= 0.6 is 27.3 Å². The first-order valence-electron chi connectivity index (χ1n) is 6.01. The van der Waals surface area contributed by atoms with Crippen molar-refractivity contribution in [3.8, 4) is 5.75 Å². The lowest BCUT2D eigenvalue weighted by molar-refractivity contribution is -0.131. The van der Waals surface area contributed by atoms with E-state index in [1.165, 1.54) is 4.88 Å². The van der Waals surface area contributed by atoms with Gasteiger partial charge in [-0.15, -0.1) is 11.3 Å². The minimum Gasteiger partial charge on any atom is -0.493 e. The van der Waals surface area contributed by atoms with E-state index in [4.69, 9.17) is 9.84 Å². The Morgan fingerprint density at radius 3 is 2.95 bits per heavy atom. The van der Waals surface area contributed by atoms with Crippen LogP contribution in [0.25, 0.3) is 6.08 Å². The zero-order chi connectivity index (χ0) is 14.4. The van der Waals surface area contributed by atoms with Crippen molar-refractivity contribution in [1.29, 1.82) is 0 Å². The quantitative estimate of drug-likeness (QED) is 0.791. The third kappa shape index (κ3) is 4.51. The van der Waals surface area contributed by atoms with Crippen LogP contribution in [0.3, 0.4) is 0 Å². The topological polar surface area (TPSA) is 46.5 Å². The van der Waals surface area contributed by atoms with Crippen molar-refractivity contribution < 1.29 is 14.6 Å². The van der Waals surface area contributed by atoms with Crippen LogP contribution in [0.2, 0.25) is 0 Å². The first-order valence-corrected chi connectivity index (χ1v) is 7.68. The van der Waals surface area contributed by atoms with Crippen molar-refractivity contribution in [3.63, 3.8) is 0 Å². The second-order valence-corrected chi connectivity index (χ2v) is 5.92. The van der Waals surface area contributed by atoms with Gasteiger partial charge < -0.3 is 9.84 Å². The van der Waals surface area contributed by atoms with Crippen molar-refractivity contribution in [2.75, 3.05) is 6.61 Å². The largest absolute Gasteiger partial charge is 0.493 e. The first-order chi connectivity index (χ1) is 9.65. The molecule has 0 unspecified atom stereocenters. The number of benzene rings is 1. The van der Waals surface area contributed by atoms with Crippen molar-refractivity contribution in [3.05, 3.63) is 56.7 Å². The molecule has 0 saturated carbocycles. The van der Waals surface area contributed by atoms with E-state index in [2.05, 4.69) is 22.0 Å². The standard InChI is InChI=1S/C15H13BrO3S/c16-14-5-4-12(10-11(14)3-6-15(17)18)19-8-7-13-2-1-9-20-13/h1-6,9-10H,7-8H2,(H,17,18)/b6-3+. The number of hydrogen-bond donors (Lipinski definition) is 1. The fourth-order valence-electron chi connectivity index (χ4n) is 1.62. The average molecular weight is 353 g/mol. The van der Waals surface area contributed by atoms with E-state index in [-0.39, 0.29) is 0 Å². The van der Waals surface area contributed by atoms with E-state index in [9.17, 15) is 4.79 Å². The number of aliphatic carboxylic acids is 1. The van der Waals surface area contributed by atoms with E-state index >= 15 is 0 Å². The van der Waals surface area contributed by atoms with Crippen LogP contribution in [0, 0.1) is 0 Å². The fourth-order valence-corrected chi connectivity index (χ4v) is 2.69. The van der Waals surface area contributed by atoms with Gasteiger partial charge in [0.1, 0.15) is 5.75 Å². The number of rotatable bonds is 6. The molecule has 5 heteroatoms. The number of carbonyl (C=O) groups is 1. The number of carboxylic acids is 1. The summed E-state index contributed by atoms with van der Waals surface area (Å²) in [5, 5.41) is 10.7. The maximum atomic E-state index is 10.5. The van der Waals surface area contributed by atoms with Crippen molar-refractivity contribution in [2.24, 2.45) is 0 Å². The Labute approximate surface area is 129 Å². The van der Waals surface area contributed by atoms with Crippen LogP contribution in [0.5, 0.6) is 5.75 Å². The highest BCUT2D eigenvalue weighted by Crippen LogP contribution is 2.24. The zero-order valence-electron chi connectivity index (χ0n) is 10.6. The third-order valence-corrected chi connectivity index (χ3v) is 4.23. The SMILES string of the molecule is O=C(O)/C=C/c1cc(OCCc2cccs2)ccc1Br. The summed E-state index contributed by atoms with van der Waals surface area (Å²) in [6, 6.07) is 9.63. The Hall–Kier alpha value is -1.59. The van der Waals surface area contributed by atoms with E-state index in [1.807, 2.05) is 29.6 Å². The molecular weight excluding hydrogens is 340 g/mol. The molecule has 20 heavy (non-hydrogen) atoms. The second-order valence-electron chi connectivity index (χ2n) is 4.03. The summed E-state index contributed by atoms with van der Waals surface area (Å²) in [5.74, 6) is -0.240. The molecule has 1 aromatic heterocycles. The van der Waals surface area contributed by atoms with Gasteiger partial charge in [0.05, 0.1) is 6.61 Å². The Morgan fingerprint density at radius 2 is 2.25 bits per heavy atom. The summed E-state index contributed by atoms with van der Waals surface area (Å²) in [6.07, 6.45) is 3.52. The molecule has 104 valence electrons. The first kappa shape index (κ1) is 14.8. The third-order valence-electron chi connectivity index (χ3n) is 2.57. The minimum atomic E-state index is -0.971. The fraction of sp³-hybridized carbons (Fsp3) is 0.133. The Morgan fingerprint density at radius 1 is 1.40 bits per heavy atom. The van der Waals surface area contributed by atoms with Crippen molar-refractivity contribution in [1.82, 2.24) is 0 Å². The average Bonchev–Trinajstić information content (AvgIpc) is 2.92. The van der Waals surface area contributed by atoms with Gasteiger partial charge in [-0.05, 0) is 41.3 Å². The second kappa shape index (κ2) is 7.26. The van der Waals surface area contributed by atoms with Gasteiger partial charge in [0.2, 0.25) is 0 Å². The highest BCUT2D eigenvalue weighted by Gasteiger charge is 2.01. The van der Waals surface area contributed by atoms with Crippen LogP contribution in [-0.2, 0) is 11.2 Å². The van der Waals surface area contributed by atoms with Gasteiger partial charge in [0, 0.05) is 21.8 Å². The molecule has 1 heterocycles. The molecule has 0 aliphatic carbocycles. The molecule has 0 spiro atoms. The lowest BCUT2D eigenvalue weighted by atomic mass is 10.2. The molecule has 2 aromatic rings. The minimum absolute atomic E-state index is 0.601. The molecule has 0 fully saturated rings. The molecule has 0 amide bonds. The number of carboxylic acid groups (broad SMARTS) is 1. The lowest BCUT2D eigenvalue weighted by Gasteiger charge is -2.07. The molecule has 2 rings (SSSR count). The maximum Gasteiger partial charge on any atom is 0.328 e. The van der Waals surface area contributed by atoms with Crippen molar-refractivity contribution in [2.45, 2.75) is 6.42 Å². The molecule has 0 bridgehead atoms. The van der Waals surface area contributed by atoms with Gasteiger partial charge in [-0.25, -0.2) is 4.79 Å². The summed E-state index contributed by atoms with van der Waals surface area (Å²) < 4.78 is 6.52. The normalized spacial score (nSPS) is 10.8. The molecule has 0 aliphatic heterocycles. The van der Waals surface area contributed by atoms with E-state index < -0.39 is 5.97 Å². The molecule has 0 aliphatic rings. The maximum absolute atomic E-state index is 10.5. The van der Waals surface area contributed by atoms with E-state index in [0.29, 0.717) is 6.61 Å². The molecule has 0 radical (unpaired) electrons. The molecule has 0 saturated heterocycles. The number of halogens is 1. The van der Waals surface area contributed by atoms with Gasteiger partial charge in [-0.3, -0.25) is 0 Å². The highest BCUT2D eigenvalue weighted by molar-refractivity contribution is 9.10. The Bertz CT molecular complexity index is 606. The van der Waals surface area contributed by atoms with Gasteiger partial charge >= 0.3 is 5.97 Å². The molecule has 1 aromatic carbocycles. The summed E-state index contributed by atoms with van der Waals surface area (Å²) in [5.41, 5.74) is 0.779. The van der Waals surface area contributed by atoms with Gasteiger partial charge in [-0.1, -0.05) is 22.0 Å². The monoisotopic (exact) mass is 352 g/mol. The van der Waals surface area contributed by atoms with Crippen LogP contribution in [0.1, 0.15) is 10.4 Å². The molecular formula is C15H13BrO3S. The van der Waals surface area contributed by atoms with E-state index in [1.54, 1.807) is 17.4 Å². The predicted molar refractivity (Wildman–Crippen MR) is 84.3 cm³/mol. The molecule has 0 atom stereocenters. The van der Waals surface area contributed by atoms with Crippen molar-refractivity contribution >= 4 is 39.3 Å². The Balaban J connectivity index is 1.98. The highest BCUT2D eigenvalue weighted by atomic mass is 79.9. The number of ether oxygens (including phenoxy) is 1.